The van der Waals surface area contributed by atoms with Crippen LogP contribution in [0.15, 0.2) is 41.5 Å². The lowest BCUT2D eigenvalue weighted by Crippen LogP contribution is -2.27. The van der Waals surface area contributed by atoms with Gasteiger partial charge in [0.25, 0.3) is 5.56 Å². The lowest BCUT2D eigenvalue weighted by atomic mass is 10.0. The third-order valence-electron chi connectivity index (χ3n) is 4.20. The number of nitrogens with zero attached hydrogens (tertiary/aromatic N) is 3. The van der Waals surface area contributed by atoms with Gasteiger partial charge in [-0.1, -0.05) is 6.07 Å². The zero-order chi connectivity index (χ0) is 17.5. The van der Waals surface area contributed by atoms with Crippen molar-refractivity contribution in [3.05, 3.63) is 58.5 Å². The maximum atomic E-state index is 12.0. The van der Waals surface area contributed by atoms with Gasteiger partial charge in [0, 0.05) is 44.0 Å². The summed E-state index contributed by atoms with van der Waals surface area (Å²) in [5.41, 5.74) is 0.672. The summed E-state index contributed by atoms with van der Waals surface area (Å²) in [4.78, 5) is 32.5. The van der Waals surface area contributed by atoms with Gasteiger partial charge in [-0.2, -0.15) is 0 Å². The summed E-state index contributed by atoms with van der Waals surface area (Å²) in [5.74, 6) is 0.897. The monoisotopic (exact) mass is 342 g/mol. The molecule has 0 aromatic carbocycles. The lowest BCUT2D eigenvalue weighted by molar-refractivity contribution is -0.121. The maximum Gasteiger partial charge on any atom is 0.250 e. The Labute approximate surface area is 146 Å². The predicted octanol–water partition coefficient (Wildman–Crippen LogP) is 1.24. The van der Waals surface area contributed by atoms with Gasteiger partial charge >= 0.3 is 0 Å². The molecule has 0 unspecified atom stereocenters. The highest BCUT2D eigenvalue weighted by atomic mass is 16.5. The first-order chi connectivity index (χ1) is 12.2. The molecule has 1 amide bonds. The SMILES string of the molecule is O=C(CCn1ccccc1=O)NCc1ccnc([C@@H]2CCCOC2)n1. The second-order valence-electron chi connectivity index (χ2n) is 6.08. The molecule has 25 heavy (non-hydrogen) atoms. The van der Waals surface area contributed by atoms with Crippen molar-refractivity contribution >= 4 is 5.91 Å². The van der Waals surface area contributed by atoms with Gasteiger partial charge in [-0.05, 0) is 25.0 Å². The Kier molecular flexibility index (Phi) is 5.90. The van der Waals surface area contributed by atoms with Gasteiger partial charge in [0.2, 0.25) is 5.91 Å². The molecule has 1 fully saturated rings. The maximum absolute atomic E-state index is 12.0. The standard InChI is InChI=1S/C18H22N4O3/c23-16(7-10-22-9-2-1-5-17(22)24)20-12-15-6-8-19-18(21-15)14-4-3-11-25-13-14/h1-2,5-6,8-9,14H,3-4,7,10-13H2,(H,20,23)/t14-/m1/s1. The number of pyridine rings is 1. The normalized spacial score (nSPS) is 17.2. The Bertz CT molecular complexity index is 769. The number of ether oxygens (including phenoxy) is 1. The first-order valence-corrected chi connectivity index (χ1v) is 8.54. The van der Waals surface area contributed by atoms with E-state index in [9.17, 15) is 9.59 Å². The van der Waals surface area contributed by atoms with Gasteiger partial charge in [0.1, 0.15) is 5.82 Å². The summed E-state index contributed by atoms with van der Waals surface area (Å²) in [7, 11) is 0. The van der Waals surface area contributed by atoms with Crippen molar-refractivity contribution in [1.82, 2.24) is 19.9 Å². The number of carbonyl (C=O) groups excluding carboxylic acids is 1. The Balaban J connectivity index is 1.50. The van der Waals surface area contributed by atoms with E-state index in [0.29, 0.717) is 19.7 Å². The van der Waals surface area contributed by atoms with Gasteiger partial charge in [0.15, 0.2) is 0 Å². The molecule has 1 N–H and O–H groups in total. The van der Waals surface area contributed by atoms with Gasteiger partial charge < -0.3 is 14.6 Å². The van der Waals surface area contributed by atoms with Crippen LogP contribution in [0.5, 0.6) is 0 Å². The fraction of sp³-hybridized carbons (Fsp3) is 0.444. The molecule has 0 bridgehead atoms. The molecule has 2 aromatic heterocycles. The minimum Gasteiger partial charge on any atom is -0.381 e. The van der Waals surface area contributed by atoms with E-state index in [0.717, 1.165) is 31.0 Å². The van der Waals surface area contributed by atoms with Crippen LogP contribution in [0.3, 0.4) is 0 Å². The molecule has 0 saturated carbocycles. The van der Waals surface area contributed by atoms with Gasteiger partial charge in [-0.25, -0.2) is 9.97 Å². The van der Waals surface area contributed by atoms with Crippen molar-refractivity contribution in [1.29, 1.82) is 0 Å². The van der Waals surface area contributed by atoms with E-state index >= 15 is 0 Å². The van der Waals surface area contributed by atoms with E-state index < -0.39 is 0 Å². The fourth-order valence-corrected chi connectivity index (χ4v) is 2.80. The summed E-state index contributed by atoms with van der Waals surface area (Å²) in [6, 6.07) is 6.74. The van der Waals surface area contributed by atoms with E-state index in [1.165, 1.54) is 10.6 Å². The molecule has 1 aliphatic rings. The minimum absolute atomic E-state index is 0.106. The highest BCUT2D eigenvalue weighted by molar-refractivity contribution is 5.75. The van der Waals surface area contributed by atoms with E-state index in [1.807, 2.05) is 0 Å². The molecule has 3 heterocycles. The molecule has 0 spiro atoms. The molecule has 1 atom stereocenters. The highest BCUT2D eigenvalue weighted by Gasteiger charge is 2.18. The first-order valence-electron chi connectivity index (χ1n) is 8.54. The molecule has 132 valence electrons. The van der Waals surface area contributed by atoms with E-state index in [2.05, 4.69) is 15.3 Å². The summed E-state index contributed by atoms with van der Waals surface area (Å²) < 4.78 is 7.00. The molecule has 1 aliphatic heterocycles. The number of rotatable bonds is 6. The largest absolute Gasteiger partial charge is 0.381 e. The van der Waals surface area contributed by atoms with Crippen molar-refractivity contribution in [3.63, 3.8) is 0 Å². The lowest BCUT2D eigenvalue weighted by Gasteiger charge is -2.20. The van der Waals surface area contributed by atoms with Crippen LogP contribution in [0.4, 0.5) is 0 Å². The zero-order valence-corrected chi connectivity index (χ0v) is 14.1. The molecule has 0 radical (unpaired) electrons. The minimum atomic E-state index is -0.114. The summed E-state index contributed by atoms with van der Waals surface area (Å²) in [6.07, 6.45) is 5.70. The van der Waals surface area contributed by atoms with Crippen LogP contribution in [0.2, 0.25) is 0 Å². The number of nitrogens with one attached hydrogen (secondary N) is 1. The van der Waals surface area contributed by atoms with E-state index in [4.69, 9.17) is 4.74 Å². The Morgan fingerprint density at radius 3 is 3.08 bits per heavy atom. The molecule has 7 heteroatoms. The van der Waals surface area contributed by atoms with E-state index in [-0.39, 0.29) is 23.8 Å². The third-order valence-corrected chi connectivity index (χ3v) is 4.20. The number of amides is 1. The summed E-state index contributed by atoms with van der Waals surface area (Å²) in [5, 5.41) is 2.84. The van der Waals surface area contributed by atoms with Crippen LogP contribution in [0.1, 0.15) is 36.7 Å². The Morgan fingerprint density at radius 1 is 1.36 bits per heavy atom. The molecule has 7 nitrogen and oxygen atoms in total. The third kappa shape index (κ3) is 4.96. The second-order valence-corrected chi connectivity index (χ2v) is 6.08. The van der Waals surface area contributed by atoms with Crippen LogP contribution in [0, 0.1) is 0 Å². The average Bonchev–Trinajstić information content (AvgIpc) is 2.67. The number of aromatic nitrogens is 3. The molecular weight excluding hydrogens is 320 g/mol. The van der Waals surface area contributed by atoms with Crippen LogP contribution >= 0.6 is 0 Å². The predicted molar refractivity (Wildman–Crippen MR) is 92.0 cm³/mol. The first kappa shape index (κ1) is 17.3. The smallest absolute Gasteiger partial charge is 0.250 e. The zero-order valence-electron chi connectivity index (χ0n) is 14.1. The topological polar surface area (TPSA) is 86.1 Å². The van der Waals surface area contributed by atoms with Gasteiger partial charge in [0.05, 0.1) is 18.8 Å². The van der Waals surface area contributed by atoms with Crippen LogP contribution in [-0.2, 0) is 22.6 Å². The molecule has 3 rings (SSSR count). The van der Waals surface area contributed by atoms with Crippen molar-refractivity contribution in [2.45, 2.75) is 38.3 Å². The Hall–Kier alpha value is -2.54. The Morgan fingerprint density at radius 2 is 2.28 bits per heavy atom. The number of hydrogen-bond donors (Lipinski definition) is 1. The quantitative estimate of drug-likeness (QED) is 0.853. The fourth-order valence-electron chi connectivity index (χ4n) is 2.80. The molecule has 1 saturated heterocycles. The second kappa shape index (κ2) is 8.53. The number of carbonyl (C=O) groups is 1. The summed E-state index contributed by atoms with van der Waals surface area (Å²) in [6.45, 7) is 2.17. The van der Waals surface area contributed by atoms with Crippen molar-refractivity contribution in [2.24, 2.45) is 0 Å². The van der Waals surface area contributed by atoms with E-state index in [1.54, 1.807) is 30.6 Å². The van der Waals surface area contributed by atoms with Crippen molar-refractivity contribution < 1.29 is 9.53 Å². The number of hydrogen-bond acceptors (Lipinski definition) is 5. The molecule has 0 aliphatic carbocycles. The molecular formula is C18H22N4O3. The van der Waals surface area contributed by atoms with Gasteiger partial charge in [-0.15, -0.1) is 0 Å². The number of aryl methyl sites for hydroxylation is 1. The highest BCUT2D eigenvalue weighted by Crippen LogP contribution is 2.22. The molecule has 2 aromatic rings. The van der Waals surface area contributed by atoms with Crippen LogP contribution < -0.4 is 10.9 Å². The van der Waals surface area contributed by atoms with Gasteiger partial charge in [-0.3, -0.25) is 9.59 Å². The van der Waals surface area contributed by atoms with Crippen LogP contribution in [-0.4, -0.2) is 33.7 Å². The summed E-state index contributed by atoms with van der Waals surface area (Å²) >= 11 is 0. The average molecular weight is 342 g/mol. The van der Waals surface area contributed by atoms with Crippen molar-refractivity contribution in [3.8, 4) is 0 Å². The van der Waals surface area contributed by atoms with Crippen molar-refractivity contribution in [2.75, 3.05) is 13.2 Å². The van der Waals surface area contributed by atoms with Crippen LogP contribution in [0.25, 0.3) is 0 Å².